The summed E-state index contributed by atoms with van der Waals surface area (Å²) in [4.78, 5) is 0. The molecule has 0 aliphatic heterocycles. The van der Waals surface area contributed by atoms with Crippen molar-refractivity contribution in [2.24, 2.45) is 5.73 Å². The Hall–Kier alpha value is -1.72. The summed E-state index contributed by atoms with van der Waals surface area (Å²) in [6, 6.07) is 8.40. The number of rotatable bonds is 3. The predicted octanol–water partition coefficient (Wildman–Crippen LogP) is 2.00. The van der Waals surface area contributed by atoms with E-state index < -0.39 is 0 Å². The molecule has 0 bridgehead atoms. The molecule has 0 radical (unpaired) electrons. The number of nitrogens with zero attached hydrogens (tertiary/aromatic N) is 3. The molecular formula is C12H12N4S. The highest BCUT2D eigenvalue weighted by atomic mass is 32.1. The number of aromatic nitrogens is 3. The number of benzene rings is 1. The second kappa shape index (κ2) is 4.27. The maximum absolute atomic E-state index is 5.51. The summed E-state index contributed by atoms with van der Waals surface area (Å²) in [5, 5.41) is 11.5. The van der Waals surface area contributed by atoms with Crippen LogP contribution >= 0.6 is 11.3 Å². The van der Waals surface area contributed by atoms with Crippen LogP contribution in [0, 0.1) is 0 Å². The highest BCUT2D eigenvalue weighted by Gasteiger charge is 2.05. The Morgan fingerprint density at radius 2 is 2.18 bits per heavy atom. The van der Waals surface area contributed by atoms with Crippen LogP contribution in [0.1, 0.15) is 11.3 Å². The average molecular weight is 244 g/mol. The topological polar surface area (TPSA) is 56.7 Å². The van der Waals surface area contributed by atoms with E-state index in [0.717, 1.165) is 12.2 Å². The molecule has 3 rings (SSSR count). The average Bonchev–Trinajstić information content (AvgIpc) is 2.97. The molecule has 1 aromatic carbocycles. The third-order valence-electron chi connectivity index (χ3n) is 2.69. The molecule has 0 amide bonds. The molecule has 0 saturated heterocycles. The Bertz CT molecular complexity index is 641. The molecule has 86 valence electrons. The molecule has 4 nitrogen and oxygen atoms in total. The summed E-state index contributed by atoms with van der Waals surface area (Å²) in [6.45, 7) is 1.18. The summed E-state index contributed by atoms with van der Waals surface area (Å²) in [7, 11) is 0. The van der Waals surface area contributed by atoms with Crippen molar-refractivity contribution in [3.63, 3.8) is 0 Å². The van der Waals surface area contributed by atoms with E-state index in [2.05, 4.69) is 40.0 Å². The van der Waals surface area contributed by atoms with Gasteiger partial charge in [-0.2, -0.15) is 0 Å². The molecule has 0 unspecified atom stereocenters. The van der Waals surface area contributed by atoms with Gasteiger partial charge in [0.25, 0.3) is 0 Å². The molecule has 17 heavy (non-hydrogen) atoms. The van der Waals surface area contributed by atoms with E-state index >= 15 is 0 Å². The normalized spacial score (nSPS) is 11.1. The van der Waals surface area contributed by atoms with Gasteiger partial charge in [-0.1, -0.05) is 23.4 Å². The lowest BCUT2D eigenvalue weighted by atomic mass is 10.2. The van der Waals surface area contributed by atoms with Crippen molar-refractivity contribution >= 4 is 21.4 Å². The fraction of sp³-hybridized carbons (Fsp3) is 0.167. The summed E-state index contributed by atoms with van der Waals surface area (Å²) in [6.07, 6.45) is 1.90. The molecule has 0 aliphatic rings. The fourth-order valence-corrected chi connectivity index (χ4v) is 2.79. The molecule has 2 N–H and O–H groups in total. The Kier molecular flexibility index (Phi) is 2.62. The summed E-state index contributed by atoms with van der Waals surface area (Å²) in [5.41, 5.74) is 7.61. The van der Waals surface area contributed by atoms with Gasteiger partial charge in [-0.3, -0.25) is 0 Å². The second-order valence-corrected chi connectivity index (χ2v) is 4.78. The van der Waals surface area contributed by atoms with Crippen molar-refractivity contribution in [2.45, 2.75) is 13.1 Å². The van der Waals surface area contributed by atoms with Crippen molar-refractivity contribution in [3.8, 4) is 0 Å². The third kappa shape index (κ3) is 1.94. The fourth-order valence-electron chi connectivity index (χ4n) is 1.84. The first-order valence-corrected chi connectivity index (χ1v) is 6.29. The van der Waals surface area contributed by atoms with Gasteiger partial charge in [0.2, 0.25) is 0 Å². The van der Waals surface area contributed by atoms with Crippen LogP contribution < -0.4 is 5.73 Å². The summed E-state index contributed by atoms with van der Waals surface area (Å²) < 4.78 is 3.14. The molecule has 3 aromatic rings. The highest BCUT2D eigenvalue weighted by molar-refractivity contribution is 7.17. The minimum absolute atomic E-state index is 0.435. The highest BCUT2D eigenvalue weighted by Crippen LogP contribution is 2.25. The lowest BCUT2D eigenvalue weighted by molar-refractivity contribution is 0.653. The minimum atomic E-state index is 0.435. The number of nitrogens with two attached hydrogens (primary N) is 1. The standard InChI is InChI=1S/C12H12N4S/c13-5-10-7-16(15-14-10)6-9-8-17-12-4-2-1-3-11(9)12/h1-4,7-8H,5-6,13H2. The lowest BCUT2D eigenvalue weighted by Crippen LogP contribution is -1.99. The van der Waals surface area contributed by atoms with Crippen LogP contribution in [-0.4, -0.2) is 15.0 Å². The van der Waals surface area contributed by atoms with Crippen LogP contribution in [0.25, 0.3) is 10.1 Å². The second-order valence-electron chi connectivity index (χ2n) is 3.87. The van der Waals surface area contributed by atoms with Crippen molar-refractivity contribution in [1.29, 1.82) is 0 Å². The Morgan fingerprint density at radius 3 is 3.00 bits per heavy atom. The van der Waals surface area contributed by atoms with E-state index in [4.69, 9.17) is 5.73 Å². The molecular weight excluding hydrogens is 232 g/mol. The van der Waals surface area contributed by atoms with Gasteiger partial charge in [-0.15, -0.1) is 16.4 Å². The zero-order valence-electron chi connectivity index (χ0n) is 9.21. The van der Waals surface area contributed by atoms with E-state index in [1.165, 1.54) is 15.6 Å². The number of hydrogen-bond donors (Lipinski definition) is 1. The van der Waals surface area contributed by atoms with Crippen molar-refractivity contribution in [2.75, 3.05) is 0 Å². The monoisotopic (exact) mass is 244 g/mol. The van der Waals surface area contributed by atoms with Gasteiger partial charge in [0.1, 0.15) is 0 Å². The maximum atomic E-state index is 5.51. The van der Waals surface area contributed by atoms with E-state index in [9.17, 15) is 0 Å². The van der Waals surface area contributed by atoms with Crippen molar-refractivity contribution < 1.29 is 0 Å². The number of hydrogen-bond acceptors (Lipinski definition) is 4. The van der Waals surface area contributed by atoms with Crippen LogP contribution in [0.2, 0.25) is 0 Å². The van der Waals surface area contributed by atoms with Crippen LogP contribution in [0.5, 0.6) is 0 Å². The van der Waals surface area contributed by atoms with Crippen LogP contribution in [0.15, 0.2) is 35.8 Å². The van der Waals surface area contributed by atoms with Gasteiger partial charge in [-0.25, -0.2) is 4.68 Å². The van der Waals surface area contributed by atoms with Crippen molar-refractivity contribution in [1.82, 2.24) is 15.0 Å². The smallest absolute Gasteiger partial charge is 0.0962 e. The van der Waals surface area contributed by atoms with Crippen LogP contribution in [0.4, 0.5) is 0 Å². The van der Waals surface area contributed by atoms with E-state index in [-0.39, 0.29) is 0 Å². The summed E-state index contributed by atoms with van der Waals surface area (Å²) in [5.74, 6) is 0. The van der Waals surface area contributed by atoms with E-state index in [0.29, 0.717) is 6.54 Å². The first-order chi connectivity index (χ1) is 8.36. The molecule has 2 aromatic heterocycles. The molecule has 0 saturated carbocycles. The van der Waals surface area contributed by atoms with Crippen molar-refractivity contribution in [3.05, 3.63) is 47.1 Å². The first kappa shape index (κ1) is 10.4. The number of thiophene rings is 1. The first-order valence-electron chi connectivity index (χ1n) is 5.41. The van der Waals surface area contributed by atoms with Gasteiger partial charge in [0, 0.05) is 11.2 Å². The molecule has 0 aliphatic carbocycles. The zero-order valence-corrected chi connectivity index (χ0v) is 10.0. The van der Waals surface area contributed by atoms with Crippen LogP contribution in [0.3, 0.4) is 0 Å². The Balaban J connectivity index is 1.94. The third-order valence-corrected chi connectivity index (χ3v) is 3.70. The Morgan fingerprint density at radius 1 is 1.29 bits per heavy atom. The van der Waals surface area contributed by atoms with Gasteiger partial charge in [-0.05, 0) is 22.4 Å². The van der Waals surface area contributed by atoms with Gasteiger partial charge in [0.05, 0.1) is 18.4 Å². The predicted molar refractivity (Wildman–Crippen MR) is 68.8 cm³/mol. The molecule has 0 fully saturated rings. The van der Waals surface area contributed by atoms with Gasteiger partial charge in [0.15, 0.2) is 0 Å². The zero-order chi connectivity index (χ0) is 11.7. The van der Waals surface area contributed by atoms with E-state index in [1.807, 2.05) is 10.9 Å². The van der Waals surface area contributed by atoms with Gasteiger partial charge < -0.3 is 5.73 Å². The quantitative estimate of drug-likeness (QED) is 0.766. The molecule has 0 atom stereocenters. The number of fused-ring (bicyclic) bond motifs is 1. The summed E-state index contributed by atoms with van der Waals surface area (Å²) >= 11 is 1.76. The largest absolute Gasteiger partial charge is 0.325 e. The molecule has 2 heterocycles. The van der Waals surface area contributed by atoms with Gasteiger partial charge >= 0.3 is 0 Å². The van der Waals surface area contributed by atoms with Crippen LogP contribution in [-0.2, 0) is 13.1 Å². The molecule has 0 spiro atoms. The van der Waals surface area contributed by atoms with E-state index in [1.54, 1.807) is 11.3 Å². The lowest BCUT2D eigenvalue weighted by Gasteiger charge is -1.98. The maximum Gasteiger partial charge on any atom is 0.0962 e. The molecule has 5 heteroatoms. The Labute approximate surface area is 103 Å². The minimum Gasteiger partial charge on any atom is -0.325 e. The SMILES string of the molecule is NCc1cn(Cc2csc3ccccc23)nn1.